The molecule has 4 heterocycles. The van der Waals surface area contributed by atoms with Crippen LogP contribution in [0.2, 0.25) is 0 Å². The zero-order chi connectivity index (χ0) is 16.5. The maximum absolute atomic E-state index is 5.97. The van der Waals surface area contributed by atoms with E-state index in [0.717, 1.165) is 43.3 Å². The van der Waals surface area contributed by atoms with E-state index in [0.29, 0.717) is 5.92 Å². The molecule has 1 aliphatic heterocycles. The summed E-state index contributed by atoms with van der Waals surface area (Å²) < 4.78 is 10.1. The lowest BCUT2D eigenvalue weighted by Gasteiger charge is -2.18. The third kappa shape index (κ3) is 2.87. The number of ether oxygens (including phenoxy) is 1. The van der Waals surface area contributed by atoms with Gasteiger partial charge in [-0.3, -0.25) is 9.08 Å². The van der Waals surface area contributed by atoms with Crippen LogP contribution in [0.5, 0.6) is 0 Å². The van der Waals surface area contributed by atoms with E-state index in [-0.39, 0.29) is 6.10 Å². The van der Waals surface area contributed by atoms with Crippen molar-refractivity contribution in [3.8, 4) is 0 Å². The van der Waals surface area contributed by atoms with Crippen LogP contribution in [0.15, 0.2) is 24.0 Å². The molecule has 3 aromatic rings. The van der Waals surface area contributed by atoms with E-state index >= 15 is 0 Å². The number of nitrogens with zero attached hydrogens (tertiary/aromatic N) is 4. The van der Waals surface area contributed by atoms with Gasteiger partial charge in [0.05, 0.1) is 23.7 Å². The monoisotopic (exact) mass is 345 g/mol. The molecular weight excluding hydrogens is 322 g/mol. The van der Waals surface area contributed by atoms with E-state index in [4.69, 9.17) is 4.74 Å². The SMILES string of the molecule is CCn1cc([C@@H]2OCC[C@H]2CNCc2c(C)nc3sccn23)cn1. The van der Waals surface area contributed by atoms with Gasteiger partial charge in [-0.2, -0.15) is 5.10 Å². The summed E-state index contributed by atoms with van der Waals surface area (Å²) in [6.07, 6.45) is 7.40. The molecule has 0 bridgehead atoms. The lowest BCUT2D eigenvalue weighted by Crippen LogP contribution is -2.25. The Balaban J connectivity index is 1.39. The molecule has 2 atom stereocenters. The Bertz CT molecular complexity index is 820. The molecule has 7 heteroatoms. The quantitative estimate of drug-likeness (QED) is 0.746. The molecule has 3 aromatic heterocycles. The van der Waals surface area contributed by atoms with E-state index in [1.54, 1.807) is 11.3 Å². The minimum Gasteiger partial charge on any atom is -0.373 e. The summed E-state index contributed by atoms with van der Waals surface area (Å²) in [7, 11) is 0. The number of nitrogens with one attached hydrogen (secondary N) is 1. The average molecular weight is 345 g/mol. The Hall–Kier alpha value is -1.70. The summed E-state index contributed by atoms with van der Waals surface area (Å²) in [6, 6.07) is 0. The van der Waals surface area contributed by atoms with Crippen molar-refractivity contribution in [2.24, 2.45) is 5.92 Å². The maximum Gasteiger partial charge on any atom is 0.194 e. The van der Waals surface area contributed by atoms with Crippen molar-refractivity contribution >= 4 is 16.3 Å². The minimum atomic E-state index is 0.158. The highest BCUT2D eigenvalue weighted by Gasteiger charge is 2.30. The third-order valence-corrected chi connectivity index (χ3v) is 5.54. The van der Waals surface area contributed by atoms with Crippen LogP contribution >= 0.6 is 11.3 Å². The predicted octanol–water partition coefficient (Wildman–Crippen LogP) is 2.79. The Morgan fingerprint density at radius 2 is 2.38 bits per heavy atom. The number of imidazole rings is 1. The van der Waals surface area contributed by atoms with Gasteiger partial charge >= 0.3 is 0 Å². The Morgan fingerprint density at radius 3 is 3.21 bits per heavy atom. The van der Waals surface area contributed by atoms with Gasteiger partial charge in [0.15, 0.2) is 4.96 Å². The van der Waals surface area contributed by atoms with E-state index in [1.165, 1.54) is 11.3 Å². The zero-order valence-electron chi connectivity index (χ0n) is 14.1. The Morgan fingerprint density at radius 1 is 1.46 bits per heavy atom. The van der Waals surface area contributed by atoms with Crippen molar-refractivity contribution in [2.75, 3.05) is 13.2 Å². The summed E-state index contributed by atoms with van der Waals surface area (Å²) in [5, 5.41) is 10.1. The highest BCUT2D eigenvalue weighted by atomic mass is 32.1. The standard InChI is InChI=1S/C17H23N5OS/c1-3-21-11-14(9-19-21)16-13(4-6-23-16)8-18-10-15-12(2)20-17-22(15)5-7-24-17/h5,7,9,11,13,16,18H,3-4,6,8,10H2,1-2H3/t13-,16+/m0/s1. The molecule has 0 amide bonds. The van der Waals surface area contributed by atoms with Crippen molar-refractivity contribution in [3.63, 3.8) is 0 Å². The molecular formula is C17H23N5OS. The molecule has 1 N–H and O–H groups in total. The van der Waals surface area contributed by atoms with Gasteiger partial charge in [-0.05, 0) is 20.3 Å². The van der Waals surface area contributed by atoms with Crippen LogP contribution in [0.4, 0.5) is 0 Å². The third-order valence-electron chi connectivity index (χ3n) is 4.78. The number of aryl methyl sites for hydroxylation is 2. The summed E-state index contributed by atoms with van der Waals surface area (Å²) in [5.74, 6) is 0.491. The number of rotatable bonds is 6. The molecule has 1 fully saturated rings. The second kappa shape index (κ2) is 6.66. The molecule has 1 aliphatic rings. The molecule has 1 saturated heterocycles. The summed E-state index contributed by atoms with van der Waals surface area (Å²) in [6.45, 7) is 7.68. The lowest BCUT2D eigenvalue weighted by atomic mass is 9.97. The van der Waals surface area contributed by atoms with Gasteiger partial charge in [-0.15, -0.1) is 11.3 Å². The molecule has 128 valence electrons. The number of hydrogen-bond acceptors (Lipinski definition) is 5. The molecule has 0 aliphatic carbocycles. The highest BCUT2D eigenvalue weighted by Crippen LogP contribution is 2.34. The summed E-state index contributed by atoms with van der Waals surface area (Å²) in [5.41, 5.74) is 3.56. The summed E-state index contributed by atoms with van der Waals surface area (Å²) >= 11 is 1.68. The van der Waals surface area contributed by atoms with Crippen LogP contribution in [0.1, 0.15) is 36.4 Å². The zero-order valence-corrected chi connectivity index (χ0v) is 14.9. The first-order valence-corrected chi connectivity index (χ1v) is 9.40. The van der Waals surface area contributed by atoms with Gasteiger partial charge in [-0.1, -0.05) is 0 Å². The van der Waals surface area contributed by atoms with Gasteiger partial charge in [0, 0.05) is 55.5 Å². The van der Waals surface area contributed by atoms with Crippen molar-refractivity contribution in [3.05, 3.63) is 40.9 Å². The number of hydrogen-bond donors (Lipinski definition) is 1. The van der Waals surface area contributed by atoms with Crippen LogP contribution in [0, 0.1) is 12.8 Å². The molecule has 0 radical (unpaired) electrons. The minimum absolute atomic E-state index is 0.158. The normalized spacial score (nSPS) is 21.1. The Kier molecular flexibility index (Phi) is 4.39. The molecule has 24 heavy (non-hydrogen) atoms. The average Bonchev–Trinajstić information content (AvgIpc) is 3.32. The smallest absolute Gasteiger partial charge is 0.194 e. The first-order valence-electron chi connectivity index (χ1n) is 8.52. The van der Waals surface area contributed by atoms with E-state index in [2.05, 4.69) is 51.4 Å². The van der Waals surface area contributed by atoms with Crippen LogP contribution in [0.25, 0.3) is 4.96 Å². The molecule has 0 aromatic carbocycles. The number of thiazole rings is 1. The Labute approximate surface area is 145 Å². The molecule has 6 nitrogen and oxygen atoms in total. The van der Waals surface area contributed by atoms with E-state index < -0.39 is 0 Å². The maximum atomic E-state index is 5.97. The van der Waals surface area contributed by atoms with Crippen LogP contribution in [0.3, 0.4) is 0 Å². The van der Waals surface area contributed by atoms with Gasteiger partial charge in [0.1, 0.15) is 0 Å². The first-order chi connectivity index (χ1) is 11.8. The number of fused-ring (bicyclic) bond motifs is 1. The van der Waals surface area contributed by atoms with Gasteiger partial charge < -0.3 is 10.1 Å². The fourth-order valence-electron chi connectivity index (χ4n) is 3.44. The molecule has 0 saturated carbocycles. The topological polar surface area (TPSA) is 56.4 Å². The largest absolute Gasteiger partial charge is 0.373 e. The van der Waals surface area contributed by atoms with Crippen molar-refractivity contribution in [1.29, 1.82) is 0 Å². The molecule has 4 rings (SSSR count). The predicted molar refractivity (Wildman–Crippen MR) is 94.2 cm³/mol. The number of aromatic nitrogens is 4. The van der Waals surface area contributed by atoms with Crippen molar-refractivity contribution in [2.45, 2.75) is 39.5 Å². The van der Waals surface area contributed by atoms with Gasteiger partial charge in [0.2, 0.25) is 0 Å². The van der Waals surface area contributed by atoms with Crippen molar-refractivity contribution in [1.82, 2.24) is 24.5 Å². The highest BCUT2D eigenvalue weighted by molar-refractivity contribution is 7.15. The van der Waals surface area contributed by atoms with E-state index in [9.17, 15) is 0 Å². The fraction of sp³-hybridized carbons (Fsp3) is 0.529. The molecule has 0 spiro atoms. The fourth-order valence-corrected chi connectivity index (χ4v) is 4.22. The lowest BCUT2D eigenvalue weighted by molar-refractivity contribution is 0.0903. The first kappa shape index (κ1) is 15.8. The van der Waals surface area contributed by atoms with Crippen LogP contribution < -0.4 is 5.32 Å². The van der Waals surface area contributed by atoms with Gasteiger partial charge in [0.25, 0.3) is 0 Å². The molecule has 0 unspecified atom stereocenters. The second-order valence-electron chi connectivity index (χ2n) is 6.30. The van der Waals surface area contributed by atoms with Crippen LogP contribution in [-0.2, 0) is 17.8 Å². The van der Waals surface area contributed by atoms with Crippen LogP contribution in [-0.4, -0.2) is 32.3 Å². The summed E-state index contributed by atoms with van der Waals surface area (Å²) in [4.78, 5) is 5.67. The van der Waals surface area contributed by atoms with Gasteiger partial charge in [-0.25, -0.2) is 4.98 Å². The van der Waals surface area contributed by atoms with Crippen molar-refractivity contribution < 1.29 is 4.74 Å². The van der Waals surface area contributed by atoms with E-state index in [1.807, 2.05) is 10.9 Å². The second-order valence-corrected chi connectivity index (χ2v) is 7.17.